The predicted molar refractivity (Wildman–Crippen MR) is 58.5 cm³/mol. The van der Waals surface area contributed by atoms with Gasteiger partial charge in [-0.15, -0.1) is 0 Å². The molecule has 0 aromatic heterocycles. The van der Waals surface area contributed by atoms with Gasteiger partial charge in [0.15, 0.2) is 0 Å². The van der Waals surface area contributed by atoms with Crippen LogP contribution in [0.25, 0.3) is 0 Å². The average molecular weight is 180 g/mol. The fourth-order valence-corrected chi connectivity index (χ4v) is 0.476. The lowest BCUT2D eigenvalue weighted by Gasteiger charge is -2.01. The molecule has 0 fully saturated rings. The van der Waals surface area contributed by atoms with Crippen molar-refractivity contribution < 1.29 is 9.90 Å². The van der Waals surface area contributed by atoms with Gasteiger partial charge >= 0.3 is 0 Å². The summed E-state index contributed by atoms with van der Waals surface area (Å²) in [5.41, 5.74) is 0. The predicted octanol–water partition coefficient (Wildman–Crippen LogP) is 3.28. The maximum absolute atomic E-state index is 10.3. The summed E-state index contributed by atoms with van der Waals surface area (Å²) in [5, 5.41) is 8.81. The van der Waals surface area contributed by atoms with Crippen LogP contribution in [0.1, 0.15) is 56.4 Å². The number of Topliss-reactive ketones (excluding diaryl/α,β-unsaturated/α-hetero) is 1. The summed E-state index contributed by atoms with van der Waals surface area (Å²) in [6.45, 7) is 3.34. The number of hydrogen-bond donors (Lipinski definition) is 1. The number of hydrogen-bond acceptors (Lipinski definition) is 2. The number of rotatable bonds is 3. The van der Waals surface area contributed by atoms with E-state index in [1.807, 2.05) is 6.92 Å². The van der Waals surface area contributed by atoms with Crippen molar-refractivity contribution in [2.45, 2.75) is 62.5 Å². The minimum atomic E-state index is -0.424. The highest BCUT2D eigenvalue weighted by molar-refractivity contribution is 5.75. The molecule has 0 aliphatic rings. The minimum Gasteiger partial charge on any atom is -0.393 e. The van der Waals surface area contributed by atoms with E-state index in [2.05, 4.69) is 0 Å². The van der Waals surface area contributed by atoms with Crippen LogP contribution in [-0.2, 0) is 4.79 Å². The summed E-state index contributed by atoms with van der Waals surface area (Å²) < 4.78 is 0. The number of carbonyl (C=O) groups is 1. The van der Waals surface area contributed by atoms with Gasteiger partial charge in [-0.3, -0.25) is 4.79 Å². The van der Waals surface area contributed by atoms with Gasteiger partial charge in [0.2, 0.25) is 0 Å². The van der Waals surface area contributed by atoms with Gasteiger partial charge in [0.05, 0.1) is 6.10 Å². The van der Waals surface area contributed by atoms with Crippen LogP contribution in [0.15, 0.2) is 0 Å². The van der Waals surface area contributed by atoms with Crippen molar-refractivity contribution in [1.82, 2.24) is 0 Å². The first kappa shape index (κ1) is 29.9. The van der Waals surface area contributed by atoms with E-state index in [4.69, 9.17) is 5.11 Å². The molecule has 0 aromatic rings. The molecule has 1 N–H and O–H groups in total. The van der Waals surface area contributed by atoms with E-state index in [0.717, 1.165) is 0 Å². The molecule has 0 aliphatic carbocycles. The second kappa shape index (κ2) is 16.9. The molecule has 0 bridgehead atoms. The number of carbonyl (C=O) groups excluding carboxylic acids is 1. The first-order valence-electron chi connectivity index (χ1n) is 2.84. The molecule has 0 aromatic carbocycles. The smallest absolute Gasteiger partial charge is 0.132 e. The summed E-state index contributed by atoms with van der Waals surface area (Å²) >= 11 is 0. The number of ketones is 1. The molecule has 0 spiro atoms. The third-order valence-corrected chi connectivity index (χ3v) is 0.994. The van der Waals surface area contributed by atoms with Crippen LogP contribution >= 0.6 is 0 Å². The fraction of sp³-hybridized carbons (Fsp3) is 0.900. The molecule has 0 radical (unpaired) electrons. The second-order valence-corrected chi connectivity index (χ2v) is 1.97. The van der Waals surface area contributed by atoms with Gasteiger partial charge in [0, 0.05) is 6.42 Å². The highest BCUT2D eigenvalue weighted by atomic mass is 16.3. The molecular formula is C10H28O2. The van der Waals surface area contributed by atoms with Gasteiger partial charge in [-0.05, 0) is 13.3 Å². The summed E-state index contributed by atoms with van der Waals surface area (Å²) in [6.07, 6.45) is 0.545. The molecule has 0 rings (SSSR count). The Balaban J connectivity index is -0.0000000408. The van der Waals surface area contributed by atoms with E-state index in [1.54, 1.807) is 0 Å². The van der Waals surface area contributed by atoms with E-state index in [1.165, 1.54) is 6.92 Å². The highest BCUT2D eigenvalue weighted by Gasteiger charge is 2.01. The molecule has 0 amide bonds. The van der Waals surface area contributed by atoms with E-state index >= 15 is 0 Å². The molecule has 1 unspecified atom stereocenters. The largest absolute Gasteiger partial charge is 0.393 e. The Morgan fingerprint density at radius 3 is 1.67 bits per heavy atom. The molecule has 12 heavy (non-hydrogen) atoms. The molecule has 80 valence electrons. The first-order valence-corrected chi connectivity index (χ1v) is 2.84. The summed E-state index contributed by atoms with van der Waals surface area (Å²) in [5.74, 6) is 0.0550. The number of aliphatic hydroxyl groups is 1. The normalized spacial score (nSPS) is 8.92. The molecule has 0 saturated carbocycles. The summed E-state index contributed by atoms with van der Waals surface area (Å²) in [4.78, 5) is 10.3. The van der Waals surface area contributed by atoms with Crippen molar-refractivity contribution in [1.29, 1.82) is 0 Å². The van der Waals surface area contributed by atoms with Crippen molar-refractivity contribution in [3.8, 4) is 0 Å². The zero-order valence-corrected chi connectivity index (χ0v) is 5.35. The number of aliphatic hydroxyl groups excluding tert-OH is 1. The minimum absolute atomic E-state index is 0. The average Bonchev–Trinajstić information content (AvgIpc) is 1.65. The van der Waals surface area contributed by atoms with Gasteiger partial charge in [-0.1, -0.05) is 36.6 Å². The lowest BCUT2D eigenvalue weighted by molar-refractivity contribution is -0.118. The Hall–Kier alpha value is -0.370. The molecule has 1 atom stereocenters. The summed E-state index contributed by atoms with van der Waals surface area (Å²) in [6, 6.07) is 0. The van der Waals surface area contributed by atoms with Crippen molar-refractivity contribution in [3.63, 3.8) is 0 Å². The highest BCUT2D eigenvalue weighted by Crippen LogP contribution is 1.95. The first-order chi connectivity index (χ1) is 3.66. The Morgan fingerprint density at radius 2 is 1.58 bits per heavy atom. The lowest BCUT2D eigenvalue weighted by Crippen LogP contribution is -2.08. The van der Waals surface area contributed by atoms with Gasteiger partial charge in [0.25, 0.3) is 0 Å². The van der Waals surface area contributed by atoms with Gasteiger partial charge in [0.1, 0.15) is 5.78 Å². The third-order valence-electron chi connectivity index (χ3n) is 0.994. The van der Waals surface area contributed by atoms with Gasteiger partial charge < -0.3 is 5.11 Å². The van der Waals surface area contributed by atoms with Crippen molar-refractivity contribution in [2.24, 2.45) is 0 Å². The van der Waals surface area contributed by atoms with E-state index in [-0.39, 0.29) is 35.5 Å². The quantitative estimate of drug-likeness (QED) is 0.723. The monoisotopic (exact) mass is 180 g/mol. The Labute approximate surface area is 79.0 Å². The van der Waals surface area contributed by atoms with Crippen LogP contribution in [0.4, 0.5) is 0 Å². The molecular weight excluding hydrogens is 152 g/mol. The maximum atomic E-state index is 10.3. The van der Waals surface area contributed by atoms with E-state index < -0.39 is 6.10 Å². The lowest BCUT2D eigenvalue weighted by atomic mass is 10.1. The molecule has 0 saturated heterocycles. The van der Waals surface area contributed by atoms with Crippen LogP contribution < -0.4 is 0 Å². The SMILES string of the molecule is C.C.C.C.CCC(O)CC(C)=O. The van der Waals surface area contributed by atoms with Crippen LogP contribution in [0.2, 0.25) is 0 Å². The van der Waals surface area contributed by atoms with Crippen LogP contribution in [-0.4, -0.2) is 17.0 Å². The Kier molecular flexibility index (Phi) is 42.2. The van der Waals surface area contributed by atoms with Gasteiger partial charge in [-0.2, -0.15) is 0 Å². The van der Waals surface area contributed by atoms with Crippen LogP contribution in [0, 0.1) is 0 Å². The zero-order valence-electron chi connectivity index (χ0n) is 5.35. The van der Waals surface area contributed by atoms with Crippen molar-refractivity contribution >= 4 is 5.78 Å². The topological polar surface area (TPSA) is 37.3 Å². The fourth-order valence-electron chi connectivity index (χ4n) is 0.476. The van der Waals surface area contributed by atoms with Crippen molar-refractivity contribution in [2.75, 3.05) is 0 Å². The third kappa shape index (κ3) is 22.6. The van der Waals surface area contributed by atoms with E-state index in [9.17, 15) is 4.79 Å². The standard InChI is InChI=1S/C6H12O2.4CH4/c1-3-6(8)4-5(2)7;;;;/h6,8H,3-4H2,1-2H3;4*1H4. The van der Waals surface area contributed by atoms with Crippen molar-refractivity contribution in [3.05, 3.63) is 0 Å². The summed E-state index contributed by atoms with van der Waals surface area (Å²) in [7, 11) is 0. The second-order valence-electron chi connectivity index (χ2n) is 1.97. The maximum Gasteiger partial charge on any atom is 0.132 e. The zero-order chi connectivity index (χ0) is 6.57. The molecule has 0 aliphatic heterocycles. The van der Waals surface area contributed by atoms with Crippen LogP contribution in [0.5, 0.6) is 0 Å². The Bertz CT molecular complexity index is 79.9. The van der Waals surface area contributed by atoms with E-state index in [0.29, 0.717) is 12.8 Å². The molecule has 2 nitrogen and oxygen atoms in total. The van der Waals surface area contributed by atoms with Gasteiger partial charge in [-0.25, -0.2) is 0 Å². The molecule has 2 heteroatoms. The van der Waals surface area contributed by atoms with Crippen LogP contribution in [0.3, 0.4) is 0 Å². The molecule has 0 heterocycles. The Morgan fingerprint density at radius 1 is 1.25 bits per heavy atom.